The zero-order chi connectivity index (χ0) is 21.8. The van der Waals surface area contributed by atoms with E-state index in [1.807, 2.05) is 19.2 Å². The standard InChI is InChI=1S/C22H24N6O2S/c1-3-28-10-9-15-7-8-18(12-19(15)28)25-21(30)16-5-4-6-17(11-16)24-20(29)13-31-22-26-23-14-27(22)2/h4-8,11-12,14H,3,9-10,13H2,1-2H3,(H,24,29)(H,25,30). The fourth-order valence-electron chi connectivity index (χ4n) is 3.52. The molecule has 0 atom stereocenters. The van der Waals surface area contributed by atoms with Crippen molar-refractivity contribution >= 4 is 40.6 Å². The predicted molar refractivity (Wildman–Crippen MR) is 123 cm³/mol. The summed E-state index contributed by atoms with van der Waals surface area (Å²) in [5, 5.41) is 14.2. The lowest BCUT2D eigenvalue weighted by molar-refractivity contribution is -0.113. The maximum Gasteiger partial charge on any atom is 0.255 e. The molecule has 3 aromatic rings. The summed E-state index contributed by atoms with van der Waals surface area (Å²) in [6.45, 7) is 4.09. The van der Waals surface area contributed by atoms with Crippen molar-refractivity contribution in [2.24, 2.45) is 7.05 Å². The van der Waals surface area contributed by atoms with Gasteiger partial charge >= 0.3 is 0 Å². The SMILES string of the molecule is CCN1CCc2ccc(NC(=O)c3cccc(NC(=O)CSc4nncn4C)c3)cc21. The second-order valence-electron chi connectivity index (χ2n) is 7.27. The summed E-state index contributed by atoms with van der Waals surface area (Å²) in [6, 6.07) is 12.9. The van der Waals surface area contributed by atoms with E-state index in [9.17, 15) is 9.59 Å². The van der Waals surface area contributed by atoms with Crippen LogP contribution < -0.4 is 15.5 Å². The van der Waals surface area contributed by atoms with Gasteiger partial charge < -0.3 is 20.1 Å². The molecule has 0 saturated heterocycles. The number of nitrogens with one attached hydrogen (secondary N) is 2. The van der Waals surface area contributed by atoms with Gasteiger partial charge in [0.1, 0.15) is 6.33 Å². The average molecular weight is 437 g/mol. The maximum absolute atomic E-state index is 12.8. The molecule has 8 nitrogen and oxygen atoms in total. The number of rotatable bonds is 7. The van der Waals surface area contributed by atoms with E-state index in [1.165, 1.54) is 23.0 Å². The van der Waals surface area contributed by atoms with E-state index in [4.69, 9.17) is 0 Å². The highest BCUT2D eigenvalue weighted by Gasteiger charge is 2.18. The van der Waals surface area contributed by atoms with Gasteiger partial charge in [0.05, 0.1) is 5.75 Å². The van der Waals surface area contributed by atoms with E-state index in [1.54, 1.807) is 35.2 Å². The summed E-state index contributed by atoms with van der Waals surface area (Å²) in [6.07, 6.45) is 2.62. The molecule has 2 N–H and O–H groups in total. The van der Waals surface area contributed by atoms with Crippen LogP contribution in [0.1, 0.15) is 22.8 Å². The number of anilines is 3. The molecule has 31 heavy (non-hydrogen) atoms. The molecule has 2 heterocycles. The number of carbonyl (C=O) groups excluding carboxylic acids is 2. The smallest absolute Gasteiger partial charge is 0.255 e. The van der Waals surface area contributed by atoms with Crippen molar-refractivity contribution in [3.63, 3.8) is 0 Å². The van der Waals surface area contributed by atoms with Crippen LogP contribution in [0.3, 0.4) is 0 Å². The zero-order valence-corrected chi connectivity index (χ0v) is 18.3. The summed E-state index contributed by atoms with van der Waals surface area (Å²) in [7, 11) is 1.82. The molecule has 1 aliphatic heterocycles. The number of thioether (sulfide) groups is 1. The highest BCUT2D eigenvalue weighted by molar-refractivity contribution is 7.99. The molecule has 0 fully saturated rings. The summed E-state index contributed by atoms with van der Waals surface area (Å²) in [5.74, 6) is -0.194. The first-order chi connectivity index (χ1) is 15.0. The van der Waals surface area contributed by atoms with E-state index < -0.39 is 0 Å². The third kappa shape index (κ3) is 4.88. The number of likely N-dealkylation sites (N-methyl/N-ethyl adjacent to an activating group) is 1. The van der Waals surface area contributed by atoms with Crippen LogP contribution in [-0.4, -0.2) is 45.4 Å². The molecular formula is C22H24N6O2S. The molecule has 2 amide bonds. The molecular weight excluding hydrogens is 412 g/mol. The van der Waals surface area contributed by atoms with Crippen LogP contribution in [0.15, 0.2) is 53.9 Å². The monoisotopic (exact) mass is 436 g/mol. The summed E-state index contributed by atoms with van der Waals surface area (Å²) >= 11 is 1.30. The molecule has 0 saturated carbocycles. The number of fused-ring (bicyclic) bond motifs is 1. The fourth-order valence-corrected chi connectivity index (χ4v) is 4.21. The minimum Gasteiger partial charge on any atom is -0.371 e. The first kappa shape index (κ1) is 20.9. The molecule has 1 aromatic heterocycles. The van der Waals surface area contributed by atoms with Crippen LogP contribution in [0, 0.1) is 0 Å². The Kier molecular flexibility index (Phi) is 6.22. The molecule has 0 unspecified atom stereocenters. The molecule has 0 radical (unpaired) electrons. The number of hydrogen-bond donors (Lipinski definition) is 2. The normalized spacial score (nSPS) is 12.5. The predicted octanol–water partition coefficient (Wildman–Crippen LogP) is 3.18. The van der Waals surface area contributed by atoms with Crippen molar-refractivity contribution in [1.82, 2.24) is 14.8 Å². The van der Waals surface area contributed by atoms with Gasteiger partial charge in [-0.25, -0.2) is 0 Å². The number of hydrogen-bond acceptors (Lipinski definition) is 6. The Balaban J connectivity index is 1.38. The van der Waals surface area contributed by atoms with E-state index in [0.29, 0.717) is 16.4 Å². The largest absolute Gasteiger partial charge is 0.371 e. The lowest BCUT2D eigenvalue weighted by Gasteiger charge is -2.17. The van der Waals surface area contributed by atoms with Gasteiger partial charge in [-0.2, -0.15) is 0 Å². The lowest BCUT2D eigenvalue weighted by Crippen LogP contribution is -2.19. The first-order valence-corrected chi connectivity index (χ1v) is 11.1. The van der Waals surface area contributed by atoms with Crippen LogP contribution in [0.5, 0.6) is 0 Å². The second-order valence-corrected chi connectivity index (χ2v) is 8.21. The Hall–Kier alpha value is -3.33. The molecule has 4 rings (SSSR count). The van der Waals surface area contributed by atoms with Crippen LogP contribution >= 0.6 is 11.8 Å². The molecule has 0 aliphatic carbocycles. The molecule has 9 heteroatoms. The minimum atomic E-state index is -0.217. The van der Waals surface area contributed by atoms with Gasteiger partial charge in [0.2, 0.25) is 5.91 Å². The second kappa shape index (κ2) is 9.22. The molecule has 2 aromatic carbocycles. The van der Waals surface area contributed by atoms with Crippen LogP contribution in [0.2, 0.25) is 0 Å². The number of aromatic nitrogens is 3. The van der Waals surface area contributed by atoms with Crippen molar-refractivity contribution in [3.05, 3.63) is 59.9 Å². The molecule has 0 spiro atoms. The molecule has 160 valence electrons. The minimum absolute atomic E-state index is 0.177. The van der Waals surface area contributed by atoms with Gasteiger partial charge in [-0.05, 0) is 49.2 Å². The third-order valence-electron chi connectivity index (χ3n) is 5.13. The van der Waals surface area contributed by atoms with Gasteiger partial charge in [0.15, 0.2) is 5.16 Å². The average Bonchev–Trinajstić information content (AvgIpc) is 3.37. The fraction of sp³-hybridized carbons (Fsp3) is 0.273. The first-order valence-electron chi connectivity index (χ1n) is 10.1. The Morgan fingerprint density at radius 3 is 2.74 bits per heavy atom. The van der Waals surface area contributed by atoms with Gasteiger partial charge in [0, 0.05) is 42.8 Å². The maximum atomic E-state index is 12.8. The number of amides is 2. The summed E-state index contributed by atoms with van der Waals surface area (Å²) < 4.78 is 1.75. The number of aryl methyl sites for hydroxylation is 1. The van der Waals surface area contributed by atoms with Crippen LogP contribution in [-0.2, 0) is 18.3 Å². The Morgan fingerprint density at radius 2 is 1.97 bits per heavy atom. The van der Waals surface area contributed by atoms with Crippen molar-refractivity contribution in [2.45, 2.75) is 18.5 Å². The van der Waals surface area contributed by atoms with Crippen LogP contribution in [0.25, 0.3) is 0 Å². The number of carbonyl (C=O) groups is 2. The topological polar surface area (TPSA) is 92.2 Å². The van der Waals surface area contributed by atoms with Gasteiger partial charge in [-0.1, -0.05) is 23.9 Å². The third-order valence-corrected chi connectivity index (χ3v) is 6.16. The van der Waals surface area contributed by atoms with Crippen LogP contribution in [0.4, 0.5) is 17.1 Å². The van der Waals surface area contributed by atoms with Crippen molar-refractivity contribution in [3.8, 4) is 0 Å². The van der Waals surface area contributed by atoms with Crippen molar-refractivity contribution in [1.29, 1.82) is 0 Å². The van der Waals surface area contributed by atoms with Crippen molar-refractivity contribution < 1.29 is 9.59 Å². The van der Waals surface area contributed by atoms with E-state index in [0.717, 1.165) is 25.2 Å². The van der Waals surface area contributed by atoms with Gasteiger partial charge in [-0.15, -0.1) is 10.2 Å². The Morgan fingerprint density at radius 1 is 1.13 bits per heavy atom. The highest BCUT2D eigenvalue weighted by Crippen LogP contribution is 2.30. The summed E-state index contributed by atoms with van der Waals surface area (Å²) in [5.41, 5.74) is 4.30. The number of benzene rings is 2. The molecule has 0 bridgehead atoms. The summed E-state index contributed by atoms with van der Waals surface area (Å²) in [4.78, 5) is 27.3. The van der Waals surface area contributed by atoms with E-state index >= 15 is 0 Å². The molecule has 1 aliphatic rings. The van der Waals surface area contributed by atoms with E-state index in [2.05, 4.69) is 38.7 Å². The van der Waals surface area contributed by atoms with Crippen molar-refractivity contribution in [2.75, 3.05) is 34.4 Å². The Labute approximate surface area is 185 Å². The van der Waals surface area contributed by atoms with Gasteiger partial charge in [-0.3, -0.25) is 9.59 Å². The number of nitrogens with zero attached hydrogens (tertiary/aromatic N) is 4. The Bertz CT molecular complexity index is 1110. The zero-order valence-electron chi connectivity index (χ0n) is 17.5. The van der Waals surface area contributed by atoms with Gasteiger partial charge in [0.25, 0.3) is 5.91 Å². The highest BCUT2D eigenvalue weighted by atomic mass is 32.2. The van der Waals surface area contributed by atoms with E-state index in [-0.39, 0.29) is 17.6 Å². The quantitative estimate of drug-likeness (QED) is 0.553. The lowest BCUT2D eigenvalue weighted by atomic mass is 10.1.